The third-order valence-electron chi connectivity index (χ3n) is 6.01. The minimum absolute atomic E-state index is 0.0446. The Morgan fingerprint density at radius 2 is 2.08 bits per heavy atom. The first kappa shape index (κ1) is 27.4. The molecule has 4 rings (SSSR count). The number of rotatable bonds is 6. The fraction of sp³-hybridized carbons (Fsp3) is 0.462. The highest BCUT2D eigenvalue weighted by atomic mass is 35.5. The molecule has 3 heterocycles. The Balaban J connectivity index is 1.74. The number of nitrogens with one attached hydrogen (secondary N) is 2. The van der Waals surface area contributed by atoms with E-state index in [9.17, 15) is 18.8 Å². The predicted octanol–water partition coefficient (Wildman–Crippen LogP) is 4.08. The van der Waals surface area contributed by atoms with Crippen molar-refractivity contribution in [1.82, 2.24) is 19.9 Å². The average molecular weight is 548 g/mol. The zero-order valence-electron chi connectivity index (χ0n) is 21.8. The van der Waals surface area contributed by atoms with Crippen molar-refractivity contribution in [2.75, 3.05) is 24.6 Å². The van der Waals surface area contributed by atoms with Gasteiger partial charge in [-0.15, -0.1) is 5.10 Å². The van der Waals surface area contributed by atoms with Gasteiger partial charge in [-0.2, -0.15) is 0 Å². The van der Waals surface area contributed by atoms with Crippen LogP contribution < -0.4 is 15.8 Å². The van der Waals surface area contributed by atoms with Crippen LogP contribution >= 0.6 is 11.6 Å². The summed E-state index contributed by atoms with van der Waals surface area (Å²) < 4.78 is 25.8. The van der Waals surface area contributed by atoms with Crippen molar-refractivity contribution in [3.05, 3.63) is 62.4 Å². The maximum atomic E-state index is 14.1. The number of benzene rings is 1. The normalized spacial score (nSPS) is 15.9. The molecular formula is C26H31ClFN5O5. The molecule has 1 atom stereocenters. The van der Waals surface area contributed by atoms with Crippen LogP contribution in [-0.4, -0.2) is 58.0 Å². The van der Waals surface area contributed by atoms with E-state index in [4.69, 9.17) is 21.1 Å². The van der Waals surface area contributed by atoms with Crippen LogP contribution in [0.5, 0.6) is 0 Å². The lowest BCUT2D eigenvalue weighted by atomic mass is 10.0. The minimum Gasteiger partial charge on any atom is -0.461 e. The van der Waals surface area contributed by atoms with Gasteiger partial charge in [0.2, 0.25) is 0 Å². The monoisotopic (exact) mass is 547 g/mol. The van der Waals surface area contributed by atoms with E-state index < -0.39 is 29.0 Å². The summed E-state index contributed by atoms with van der Waals surface area (Å²) in [5.74, 6) is -0.661. The standard InChI is InChI=1S/C26H31ClFN5O5/c1-5-37-24(35)20-14-33-21(23(34)30-20)18(12-15-11-16(28)8-9-19(15)27)22(31-33)32-10-6-7-17(13-32)29-25(36)38-26(2,3)4/h8-9,11,14,17H,5-7,10,12-13H2,1-4H3,(H,29,36)(H,30,34)/t17-/m1/s1. The maximum Gasteiger partial charge on any atom is 0.407 e. The Morgan fingerprint density at radius 1 is 1.32 bits per heavy atom. The Labute approximate surface area is 224 Å². The topological polar surface area (TPSA) is 118 Å². The van der Waals surface area contributed by atoms with Crippen LogP contribution in [0.25, 0.3) is 5.52 Å². The molecule has 0 radical (unpaired) electrons. The van der Waals surface area contributed by atoms with E-state index in [2.05, 4.69) is 15.4 Å². The van der Waals surface area contributed by atoms with Crippen LogP contribution in [0.4, 0.5) is 15.0 Å². The quantitative estimate of drug-likeness (QED) is 0.446. The summed E-state index contributed by atoms with van der Waals surface area (Å²) in [5.41, 5.74) is -0.0105. The lowest BCUT2D eigenvalue weighted by Gasteiger charge is -2.34. The summed E-state index contributed by atoms with van der Waals surface area (Å²) in [4.78, 5) is 42.4. The van der Waals surface area contributed by atoms with Gasteiger partial charge < -0.3 is 24.7 Å². The van der Waals surface area contributed by atoms with Crippen LogP contribution in [0.2, 0.25) is 5.02 Å². The number of carbonyl (C=O) groups excluding carboxylic acids is 2. The third kappa shape index (κ3) is 6.27. The van der Waals surface area contributed by atoms with Gasteiger partial charge in [0.05, 0.1) is 12.8 Å². The Morgan fingerprint density at radius 3 is 2.79 bits per heavy atom. The zero-order valence-corrected chi connectivity index (χ0v) is 22.5. The van der Waals surface area contributed by atoms with E-state index in [0.29, 0.717) is 35.1 Å². The van der Waals surface area contributed by atoms with Crippen LogP contribution in [0, 0.1) is 5.82 Å². The minimum atomic E-state index is -0.683. The molecule has 1 aliphatic rings. The van der Waals surface area contributed by atoms with E-state index in [1.165, 1.54) is 28.9 Å². The summed E-state index contributed by atoms with van der Waals surface area (Å²) in [5, 5.41) is 7.91. The van der Waals surface area contributed by atoms with Gasteiger partial charge in [-0.05, 0) is 64.3 Å². The molecule has 1 saturated heterocycles. The van der Waals surface area contributed by atoms with Crippen molar-refractivity contribution in [2.45, 2.75) is 58.6 Å². The summed E-state index contributed by atoms with van der Waals surface area (Å²) in [6, 6.07) is 3.82. The first-order valence-corrected chi connectivity index (χ1v) is 12.8. The number of hydrogen-bond donors (Lipinski definition) is 2. The second-order valence-electron chi connectivity index (χ2n) is 10.2. The molecule has 0 spiro atoms. The number of ether oxygens (including phenoxy) is 2. The molecule has 2 aromatic heterocycles. The number of nitrogens with zero attached hydrogens (tertiary/aromatic N) is 3. The molecule has 12 heteroatoms. The number of fused-ring (bicyclic) bond motifs is 1. The van der Waals surface area contributed by atoms with Gasteiger partial charge in [0.1, 0.15) is 22.6 Å². The number of H-pyrrole nitrogens is 1. The number of amides is 1. The Bertz CT molecular complexity index is 1410. The summed E-state index contributed by atoms with van der Waals surface area (Å²) >= 11 is 6.36. The summed E-state index contributed by atoms with van der Waals surface area (Å²) in [6.45, 7) is 8.22. The average Bonchev–Trinajstić information content (AvgIpc) is 3.19. The highest BCUT2D eigenvalue weighted by Crippen LogP contribution is 2.30. The van der Waals surface area contributed by atoms with Gasteiger partial charge in [-0.25, -0.2) is 18.5 Å². The SMILES string of the molecule is CCOC(=O)c1cn2nc(N3CCC[C@@H](NC(=O)OC(C)(C)C)C3)c(Cc3cc(F)ccc3Cl)c2c(=O)[nH]1. The van der Waals surface area contributed by atoms with E-state index in [1.807, 2.05) is 4.90 Å². The summed E-state index contributed by atoms with van der Waals surface area (Å²) in [6.07, 6.45) is 2.50. The van der Waals surface area contributed by atoms with Crippen molar-refractivity contribution in [3.8, 4) is 0 Å². The fourth-order valence-electron chi connectivity index (χ4n) is 4.49. The molecule has 0 saturated carbocycles. The first-order valence-electron chi connectivity index (χ1n) is 12.4. The number of hydrogen-bond acceptors (Lipinski definition) is 7. The molecule has 3 aromatic rings. The van der Waals surface area contributed by atoms with Crippen molar-refractivity contribution >= 4 is 35.0 Å². The van der Waals surface area contributed by atoms with Crippen LogP contribution in [-0.2, 0) is 15.9 Å². The fourth-order valence-corrected chi connectivity index (χ4v) is 4.67. The number of alkyl carbamates (subject to hydrolysis) is 1. The molecule has 1 aromatic carbocycles. The number of halogens is 2. The van der Waals surface area contributed by atoms with Crippen molar-refractivity contribution in [1.29, 1.82) is 0 Å². The second kappa shape index (κ2) is 11.0. The van der Waals surface area contributed by atoms with Crippen molar-refractivity contribution in [3.63, 3.8) is 0 Å². The molecule has 0 bridgehead atoms. The second-order valence-corrected chi connectivity index (χ2v) is 10.6. The maximum absolute atomic E-state index is 14.1. The molecule has 2 N–H and O–H groups in total. The number of carbonyl (C=O) groups is 2. The number of anilines is 1. The smallest absolute Gasteiger partial charge is 0.407 e. The van der Waals surface area contributed by atoms with Gasteiger partial charge in [0, 0.05) is 36.1 Å². The zero-order chi connectivity index (χ0) is 27.6. The number of esters is 1. The van der Waals surface area contributed by atoms with Gasteiger partial charge in [-0.1, -0.05) is 11.6 Å². The van der Waals surface area contributed by atoms with Gasteiger partial charge >= 0.3 is 12.1 Å². The molecule has 0 aliphatic carbocycles. The molecule has 1 amide bonds. The number of piperidine rings is 1. The molecule has 38 heavy (non-hydrogen) atoms. The van der Waals surface area contributed by atoms with Crippen LogP contribution in [0.1, 0.15) is 62.2 Å². The van der Waals surface area contributed by atoms with E-state index >= 15 is 0 Å². The third-order valence-corrected chi connectivity index (χ3v) is 6.38. The molecular weight excluding hydrogens is 517 g/mol. The van der Waals surface area contributed by atoms with Crippen LogP contribution in [0.15, 0.2) is 29.2 Å². The Hall–Kier alpha value is -3.60. The lowest BCUT2D eigenvalue weighted by molar-refractivity contribution is 0.0495. The van der Waals surface area contributed by atoms with E-state index in [0.717, 1.165) is 12.8 Å². The van der Waals surface area contributed by atoms with Gasteiger partial charge in [0.15, 0.2) is 5.82 Å². The lowest BCUT2D eigenvalue weighted by Crippen LogP contribution is -2.49. The molecule has 1 fully saturated rings. The predicted molar refractivity (Wildman–Crippen MR) is 141 cm³/mol. The van der Waals surface area contributed by atoms with Crippen molar-refractivity contribution < 1.29 is 23.5 Å². The van der Waals surface area contributed by atoms with Crippen LogP contribution in [0.3, 0.4) is 0 Å². The Kier molecular flexibility index (Phi) is 7.96. The number of aromatic nitrogens is 3. The van der Waals surface area contributed by atoms with Crippen molar-refractivity contribution in [2.24, 2.45) is 0 Å². The highest BCUT2D eigenvalue weighted by Gasteiger charge is 2.29. The molecule has 10 nitrogen and oxygen atoms in total. The summed E-state index contributed by atoms with van der Waals surface area (Å²) in [7, 11) is 0. The number of aromatic amines is 1. The van der Waals surface area contributed by atoms with E-state index in [-0.39, 0.29) is 30.3 Å². The first-order chi connectivity index (χ1) is 17.9. The highest BCUT2D eigenvalue weighted by molar-refractivity contribution is 6.31. The molecule has 0 unspecified atom stereocenters. The molecule has 1 aliphatic heterocycles. The molecule has 204 valence electrons. The largest absolute Gasteiger partial charge is 0.461 e. The van der Waals surface area contributed by atoms with E-state index in [1.54, 1.807) is 27.7 Å². The van der Waals surface area contributed by atoms with Gasteiger partial charge in [0.25, 0.3) is 5.56 Å². The van der Waals surface area contributed by atoms with Gasteiger partial charge in [-0.3, -0.25) is 4.79 Å².